The lowest BCUT2D eigenvalue weighted by Gasteiger charge is -2.26. The highest BCUT2D eigenvalue weighted by atomic mass is 19.2. The summed E-state index contributed by atoms with van der Waals surface area (Å²) in [4.78, 5) is 0. The molecule has 1 aliphatic rings. The molecule has 1 aromatic carbocycles. The van der Waals surface area contributed by atoms with Crippen LogP contribution < -0.4 is 0 Å². The SMILES string of the molecule is CC1(C)CCC(O)(c2cccc(F)c2F)C1. The number of halogens is 2. The molecule has 1 N–H and O–H groups in total. The van der Waals surface area contributed by atoms with Crippen LogP contribution in [0.2, 0.25) is 0 Å². The average Bonchev–Trinajstić information content (AvgIpc) is 2.46. The van der Waals surface area contributed by atoms with E-state index in [0.29, 0.717) is 12.8 Å². The standard InChI is InChI=1S/C13H16F2O/c1-12(2)6-7-13(16,8-12)9-4-3-5-10(14)11(9)15/h3-5,16H,6-8H2,1-2H3. The third kappa shape index (κ3) is 1.84. The molecule has 1 nitrogen and oxygen atoms in total. The van der Waals surface area contributed by atoms with Gasteiger partial charge in [-0.15, -0.1) is 0 Å². The van der Waals surface area contributed by atoms with Gasteiger partial charge >= 0.3 is 0 Å². The number of hydrogen-bond donors (Lipinski definition) is 1. The predicted molar refractivity (Wildman–Crippen MR) is 57.9 cm³/mol. The summed E-state index contributed by atoms with van der Waals surface area (Å²) in [6, 6.07) is 3.99. The zero-order chi connectivity index (χ0) is 12.0. The summed E-state index contributed by atoms with van der Waals surface area (Å²) in [5.41, 5.74) is -1.14. The third-order valence-electron chi connectivity index (χ3n) is 3.44. The second-order valence-electron chi connectivity index (χ2n) is 5.47. The molecule has 0 amide bonds. The van der Waals surface area contributed by atoms with Crippen LogP contribution in [-0.4, -0.2) is 5.11 Å². The minimum Gasteiger partial charge on any atom is -0.385 e. The van der Waals surface area contributed by atoms with Crippen LogP contribution in [0.5, 0.6) is 0 Å². The van der Waals surface area contributed by atoms with E-state index in [9.17, 15) is 13.9 Å². The van der Waals surface area contributed by atoms with E-state index in [4.69, 9.17) is 0 Å². The number of aliphatic hydroxyl groups is 1. The molecule has 1 saturated carbocycles. The minimum atomic E-state index is -1.21. The van der Waals surface area contributed by atoms with Crippen molar-refractivity contribution in [3.63, 3.8) is 0 Å². The number of benzene rings is 1. The van der Waals surface area contributed by atoms with E-state index in [1.54, 1.807) is 0 Å². The van der Waals surface area contributed by atoms with Gasteiger partial charge < -0.3 is 5.11 Å². The van der Waals surface area contributed by atoms with Gasteiger partial charge in [-0.2, -0.15) is 0 Å². The van der Waals surface area contributed by atoms with Crippen LogP contribution in [-0.2, 0) is 5.60 Å². The zero-order valence-electron chi connectivity index (χ0n) is 9.56. The summed E-state index contributed by atoms with van der Waals surface area (Å²) in [6.07, 6.45) is 1.78. The largest absolute Gasteiger partial charge is 0.385 e. The van der Waals surface area contributed by atoms with Crippen LogP contribution in [0.1, 0.15) is 38.7 Å². The van der Waals surface area contributed by atoms with Crippen molar-refractivity contribution < 1.29 is 13.9 Å². The Morgan fingerprint density at radius 1 is 1.19 bits per heavy atom. The van der Waals surface area contributed by atoms with E-state index in [0.717, 1.165) is 12.5 Å². The summed E-state index contributed by atoms with van der Waals surface area (Å²) in [5.74, 6) is -1.81. The lowest BCUT2D eigenvalue weighted by atomic mass is 9.85. The first-order valence-corrected chi connectivity index (χ1v) is 5.51. The average molecular weight is 226 g/mol. The molecule has 0 aliphatic heterocycles. The normalized spacial score (nSPS) is 28.3. The smallest absolute Gasteiger partial charge is 0.164 e. The first kappa shape index (κ1) is 11.5. The highest BCUT2D eigenvalue weighted by molar-refractivity contribution is 5.27. The molecule has 3 heteroatoms. The highest BCUT2D eigenvalue weighted by Gasteiger charge is 2.44. The maximum atomic E-state index is 13.6. The molecule has 1 fully saturated rings. The van der Waals surface area contributed by atoms with Crippen LogP contribution in [0.3, 0.4) is 0 Å². The maximum Gasteiger partial charge on any atom is 0.164 e. The van der Waals surface area contributed by atoms with Crippen molar-refractivity contribution in [2.24, 2.45) is 5.41 Å². The molecule has 0 saturated heterocycles. The summed E-state index contributed by atoms with van der Waals surface area (Å²) in [6.45, 7) is 4.06. The Morgan fingerprint density at radius 3 is 2.44 bits per heavy atom. The molecule has 1 aromatic rings. The van der Waals surface area contributed by atoms with Gasteiger partial charge in [-0.1, -0.05) is 26.0 Å². The fourth-order valence-corrected chi connectivity index (χ4v) is 2.61. The first-order valence-electron chi connectivity index (χ1n) is 5.51. The second-order valence-corrected chi connectivity index (χ2v) is 5.47. The number of hydrogen-bond acceptors (Lipinski definition) is 1. The Hall–Kier alpha value is -0.960. The highest BCUT2D eigenvalue weighted by Crippen LogP contribution is 2.49. The van der Waals surface area contributed by atoms with Crippen LogP contribution in [0.15, 0.2) is 18.2 Å². The second kappa shape index (κ2) is 3.52. The van der Waals surface area contributed by atoms with Crippen LogP contribution >= 0.6 is 0 Å². The topological polar surface area (TPSA) is 20.2 Å². The van der Waals surface area contributed by atoms with E-state index in [1.807, 2.05) is 13.8 Å². The van der Waals surface area contributed by atoms with Gasteiger partial charge in [0.05, 0.1) is 5.60 Å². The fourth-order valence-electron chi connectivity index (χ4n) is 2.61. The summed E-state index contributed by atoms with van der Waals surface area (Å²) in [7, 11) is 0. The van der Waals surface area contributed by atoms with Crippen molar-refractivity contribution in [2.45, 2.75) is 38.7 Å². The molecule has 0 heterocycles. The minimum absolute atomic E-state index is 0.0203. The van der Waals surface area contributed by atoms with Gasteiger partial charge in [0.25, 0.3) is 0 Å². The Balaban J connectivity index is 2.42. The molecule has 0 bridgehead atoms. The monoisotopic (exact) mass is 226 g/mol. The predicted octanol–water partition coefficient (Wildman–Crippen LogP) is 3.36. The van der Waals surface area contributed by atoms with Crippen LogP contribution in [0, 0.1) is 17.0 Å². The van der Waals surface area contributed by atoms with Crippen molar-refractivity contribution in [3.8, 4) is 0 Å². The van der Waals surface area contributed by atoms with Gasteiger partial charge in [-0.05, 0) is 30.7 Å². The Morgan fingerprint density at radius 2 is 1.88 bits per heavy atom. The molecule has 0 aromatic heterocycles. The molecular formula is C13H16F2O. The van der Waals surface area contributed by atoms with E-state index >= 15 is 0 Å². The third-order valence-corrected chi connectivity index (χ3v) is 3.44. The van der Waals surface area contributed by atoms with Crippen molar-refractivity contribution >= 4 is 0 Å². The van der Waals surface area contributed by atoms with Crippen molar-refractivity contribution in [1.29, 1.82) is 0 Å². The van der Waals surface area contributed by atoms with Crippen LogP contribution in [0.25, 0.3) is 0 Å². The maximum absolute atomic E-state index is 13.6. The Kier molecular flexibility index (Phi) is 2.54. The molecule has 2 rings (SSSR count). The van der Waals surface area contributed by atoms with E-state index in [-0.39, 0.29) is 11.0 Å². The number of rotatable bonds is 1. The zero-order valence-corrected chi connectivity index (χ0v) is 9.56. The summed E-state index contributed by atoms with van der Waals surface area (Å²) in [5, 5.41) is 10.4. The fraction of sp³-hybridized carbons (Fsp3) is 0.538. The quantitative estimate of drug-likeness (QED) is 0.778. The summed E-state index contributed by atoms with van der Waals surface area (Å²) >= 11 is 0. The van der Waals surface area contributed by atoms with Crippen molar-refractivity contribution in [3.05, 3.63) is 35.4 Å². The van der Waals surface area contributed by atoms with Crippen LogP contribution in [0.4, 0.5) is 8.78 Å². The van der Waals surface area contributed by atoms with Gasteiger partial charge in [0.1, 0.15) is 0 Å². The van der Waals surface area contributed by atoms with E-state index < -0.39 is 17.2 Å². The molecule has 88 valence electrons. The first-order chi connectivity index (χ1) is 7.34. The Bertz CT molecular complexity index is 414. The van der Waals surface area contributed by atoms with E-state index in [1.165, 1.54) is 12.1 Å². The van der Waals surface area contributed by atoms with Gasteiger partial charge in [0.2, 0.25) is 0 Å². The van der Waals surface area contributed by atoms with Gasteiger partial charge in [0, 0.05) is 5.56 Å². The molecule has 1 atom stereocenters. The molecule has 1 unspecified atom stereocenters. The molecule has 0 spiro atoms. The van der Waals surface area contributed by atoms with E-state index in [2.05, 4.69) is 0 Å². The molecule has 0 radical (unpaired) electrons. The van der Waals surface area contributed by atoms with Gasteiger partial charge in [-0.25, -0.2) is 8.78 Å². The molecule has 16 heavy (non-hydrogen) atoms. The summed E-state index contributed by atoms with van der Waals surface area (Å²) < 4.78 is 26.7. The lowest BCUT2D eigenvalue weighted by Crippen LogP contribution is -2.25. The van der Waals surface area contributed by atoms with Gasteiger partial charge in [0.15, 0.2) is 11.6 Å². The van der Waals surface area contributed by atoms with Gasteiger partial charge in [-0.3, -0.25) is 0 Å². The lowest BCUT2D eigenvalue weighted by molar-refractivity contribution is 0.0297. The van der Waals surface area contributed by atoms with Crippen molar-refractivity contribution in [1.82, 2.24) is 0 Å². The molecular weight excluding hydrogens is 210 g/mol. The van der Waals surface area contributed by atoms with Crippen molar-refractivity contribution in [2.75, 3.05) is 0 Å². The molecule has 1 aliphatic carbocycles. The Labute approximate surface area is 94.1 Å².